The lowest BCUT2D eigenvalue weighted by atomic mass is 9.99. The van der Waals surface area contributed by atoms with Crippen molar-refractivity contribution in [2.75, 3.05) is 25.3 Å². The molecule has 2 heterocycles. The van der Waals surface area contributed by atoms with Crippen molar-refractivity contribution < 1.29 is 9.63 Å². The maximum atomic E-state index is 11.0. The molecule has 0 fully saturated rings. The van der Waals surface area contributed by atoms with E-state index in [-0.39, 0.29) is 0 Å². The summed E-state index contributed by atoms with van der Waals surface area (Å²) < 4.78 is 2.12. The summed E-state index contributed by atoms with van der Waals surface area (Å²) in [5.74, 6) is 0. The Kier molecular flexibility index (Phi) is 3.77. The summed E-state index contributed by atoms with van der Waals surface area (Å²) >= 11 is 0. The minimum absolute atomic E-state index is 0.674. The molecule has 1 aliphatic heterocycles. The van der Waals surface area contributed by atoms with Crippen molar-refractivity contribution >= 4 is 28.6 Å². The summed E-state index contributed by atoms with van der Waals surface area (Å²) in [6.45, 7) is 1.91. The summed E-state index contributed by atoms with van der Waals surface area (Å²) in [6.07, 6.45) is 6.08. The van der Waals surface area contributed by atoms with Gasteiger partial charge in [0.1, 0.15) is 0 Å². The van der Waals surface area contributed by atoms with E-state index >= 15 is 0 Å². The number of rotatable bonds is 4. The molecule has 5 heteroatoms. The highest BCUT2D eigenvalue weighted by Crippen LogP contribution is 2.32. The number of carbonyl (C=O) groups is 1. The fraction of sp³-hybridized carbons (Fsp3) is 0.312. The van der Waals surface area contributed by atoms with E-state index in [0.717, 1.165) is 36.1 Å². The minimum Gasteiger partial charge on any atom is -0.350 e. The van der Waals surface area contributed by atoms with Gasteiger partial charge in [0.2, 0.25) is 6.41 Å². The Balaban J connectivity index is 2.14. The zero-order valence-electron chi connectivity index (χ0n) is 12.3. The highest BCUT2D eigenvalue weighted by Gasteiger charge is 2.14. The Labute approximate surface area is 123 Å². The van der Waals surface area contributed by atoms with Gasteiger partial charge in [-0.05, 0) is 36.7 Å². The number of nitrogens with one attached hydrogen (secondary N) is 1. The van der Waals surface area contributed by atoms with E-state index in [4.69, 9.17) is 4.84 Å². The van der Waals surface area contributed by atoms with Gasteiger partial charge in [-0.25, -0.2) is 0 Å². The monoisotopic (exact) mass is 285 g/mol. The van der Waals surface area contributed by atoms with Crippen LogP contribution in [0.3, 0.4) is 0 Å². The van der Waals surface area contributed by atoms with Gasteiger partial charge in [0.05, 0.1) is 12.8 Å². The third-order valence-electron chi connectivity index (χ3n) is 3.93. The van der Waals surface area contributed by atoms with Crippen LogP contribution in [0.15, 0.2) is 30.5 Å². The number of carbonyl (C=O) groups excluding carboxylic acids is 1. The average molecular weight is 285 g/mol. The van der Waals surface area contributed by atoms with Gasteiger partial charge in [0.25, 0.3) is 0 Å². The Bertz CT molecular complexity index is 703. The van der Waals surface area contributed by atoms with Crippen LogP contribution in [0, 0.1) is 0 Å². The van der Waals surface area contributed by atoms with Gasteiger partial charge >= 0.3 is 0 Å². The Morgan fingerprint density at radius 1 is 1.43 bits per heavy atom. The topological polar surface area (TPSA) is 46.5 Å². The quantitative estimate of drug-likeness (QED) is 0.691. The standard InChI is InChI=1S/C16H19N3O2/c1-18-10-15(12-5-7-17-8-6-12)14-9-13(3-4-16(14)18)19(11-20)21-2/h3-5,9-11,17H,6-8H2,1-2H3. The van der Waals surface area contributed by atoms with Crippen LogP contribution in [-0.2, 0) is 16.7 Å². The zero-order valence-corrected chi connectivity index (χ0v) is 12.3. The van der Waals surface area contributed by atoms with Crippen LogP contribution in [0.1, 0.15) is 12.0 Å². The molecule has 2 aromatic rings. The van der Waals surface area contributed by atoms with E-state index in [0.29, 0.717) is 6.41 Å². The maximum Gasteiger partial charge on any atom is 0.238 e. The van der Waals surface area contributed by atoms with Crippen LogP contribution in [0.5, 0.6) is 0 Å². The Hall–Kier alpha value is -2.11. The number of hydrogen-bond acceptors (Lipinski definition) is 3. The second-order valence-corrected chi connectivity index (χ2v) is 5.15. The summed E-state index contributed by atoms with van der Waals surface area (Å²) in [7, 11) is 3.53. The van der Waals surface area contributed by atoms with Crippen molar-refractivity contribution in [1.82, 2.24) is 9.88 Å². The van der Waals surface area contributed by atoms with E-state index in [9.17, 15) is 4.79 Å². The molecule has 0 radical (unpaired) electrons. The van der Waals surface area contributed by atoms with Crippen molar-refractivity contribution in [2.45, 2.75) is 6.42 Å². The molecule has 21 heavy (non-hydrogen) atoms. The lowest BCUT2D eigenvalue weighted by molar-refractivity contribution is -0.112. The second-order valence-electron chi connectivity index (χ2n) is 5.15. The van der Waals surface area contributed by atoms with Gasteiger partial charge in [0, 0.05) is 36.3 Å². The summed E-state index contributed by atoms with van der Waals surface area (Å²) in [5.41, 5.74) is 4.47. The number of benzene rings is 1. The number of hydroxylamine groups is 1. The van der Waals surface area contributed by atoms with Gasteiger partial charge in [-0.2, -0.15) is 5.06 Å². The lowest BCUT2D eigenvalue weighted by Gasteiger charge is -2.15. The van der Waals surface area contributed by atoms with Crippen LogP contribution >= 0.6 is 0 Å². The number of hydrogen-bond donors (Lipinski definition) is 1. The maximum absolute atomic E-state index is 11.0. The van der Waals surface area contributed by atoms with Gasteiger partial charge in [-0.15, -0.1) is 0 Å². The van der Waals surface area contributed by atoms with Crippen LogP contribution in [-0.4, -0.2) is 31.2 Å². The fourth-order valence-corrected chi connectivity index (χ4v) is 2.85. The normalized spacial score (nSPS) is 15.0. The van der Waals surface area contributed by atoms with Crippen molar-refractivity contribution in [3.63, 3.8) is 0 Å². The molecular formula is C16H19N3O2. The molecule has 1 aromatic carbocycles. The van der Waals surface area contributed by atoms with Crippen molar-refractivity contribution in [2.24, 2.45) is 7.05 Å². The van der Waals surface area contributed by atoms with Gasteiger partial charge in [0.15, 0.2) is 0 Å². The number of aromatic nitrogens is 1. The first-order chi connectivity index (χ1) is 10.2. The molecule has 0 atom stereocenters. The van der Waals surface area contributed by atoms with E-state index in [2.05, 4.69) is 22.2 Å². The first-order valence-electron chi connectivity index (χ1n) is 7.02. The highest BCUT2D eigenvalue weighted by atomic mass is 16.7. The Morgan fingerprint density at radius 3 is 2.95 bits per heavy atom. The lowest BCUT2D eigenvalue weighted by Crippen LogP contribution is -2.20. The molecule has 110 valence electrons. The van der Waals surface area contributed by atoms with Crippen molar-refractivity contribution in [1.29, 1.82) is 0 Å². The molecular weight excluding hydrogens is 266 g/mol. The zero-order chi connectivity index (χ0) is 14.8. The van der Waals surface area contributed by atoms with Crippen LogP contribution in [0.25, 0.3) is 16.5 Å². The predicted octanol–water partition coefficient (Wildman–Crippen LogP) is 2.08. The molecule has 1 aliphatic rings. The smallest absolute Gasteiger partial charge is 0.238 e. The number of aryl methyl sites for hydroxylation is 1. The highest BCUT2D eigenvalue weighted by molar-refractivity contribution is 5.96. The predicted molar refractivity (Wildman–Crippen MR) is 83.9 cm³/mol. The molecule has 0 bridgehead atoms. The third-order valence-corrected chi connectivity index (χ3v) is 3.93. The molecule has 1 amide bonds. The summed E-state index contributed by atoms with van der Waals surface area (Å²) in [5, 5.41) is 5.70. The van der Waals surface area contributed by atoms with E-state index in [1.54, 1.807) is 0 Å². The molecule has 1 N–H and O–H groups in total. The van der Waals surface area contributed by atoms with E-state index in [1.165, 1.54) is 23.3 Å². The van der Waals surface area contributed by atoms with Crippen LogP contribution in [0.4, 0.5) is 5.69 Å². The van der Waals surface area contributed by atoms with Gasteiger partial charge in [-0.1, -0.05) is 6.08 Å². The molecule has 0 saturated carbocycles. The number of amides is 1. The second kappa shape index (κ2) is 5.71. The SMILES string of the molecule is CON(C=O)c1ccc2c(c1)c(C1=CCNCC1)cn2C. The van der Waals surface area contributed by atoms with Crippen LogP contribution in [0.2, 0.25) is 0 Å². The van der Waals surface area contributed by atoms with Gasteiger partial charge in [-0.3, -0.25) is 9.63 Å². The minimum atomic E-state index is 0.674. The molecule has 0 aliphatic carbocycles. The van der Waals surface area contributed by atoms with E-state index in [1.807, 2.05) is 25.2 Å². The summed E-state index contributed by atoms with van der Waals surface area (Å²) in [4.78, 5) is 16.1. The molecule has 0 spiro atoms. The average Bonchev–Trinajstić information content (AvgIpc) is 2.86. The van der Waals surface area contributed by atoms with Crippen molar-refractivity contribution in [3.05, 3.63) is 36.0 Å². The Morgan fingerprint density at radius 2 is 2.29 bits per heavy atom. The van der Waals surface area contributed by atoms with Gasteiger partial charge < -0.3 is 9.88 Å². The number of anilines is 1. The van der Waals surface area contributed by atoms with Crippen LogP contribution < -0.4 is 10.4 Å². The number of nitrogens with zero attached hydrogens (tertiary/aromatic N) is 2. The third kappa shape index (κ3) is 2.46. The fourth-order valence-electron chi connectivity index (χ4n) is 2.85. The largest absolute Gasteiger partial charge is 0.350 e. The molecule has 3 rings (SSSR count). The molecule has 5 nitrogen and oxygen atoms in total. The molecule has 1 aromatic heterocycles. The van der Waals surface area contributed by atoms with E-state index < -0.39 is 0 Å². The first kappa shape index (κ1) is 13.9. The molecule has 0 unspecified atom stereocenters. The summed E-state index contributed by atoms with van der Waals surface area (Å²) in [6, 6.07) is 5.91. The van der Waals surface area contributed by atoms with Crippen molar-refractivity contribution in [3.8, 4) is 0 Å². The molecule has 0 saturated heterocycles. The first-order valence-corrected chi connectivity index (χ1v) is 7.02. The number of fused-ring (bicyclic) bond motifs is 1.